The molecule has 0 radical (unpaired) electrons. The monoisotopic (exact) mass is 1410 g/mol. The van der Waals surface area contributed by atoms with Crippen molar-refractivity contribution >= 4 is 0 Å². The molecule has 0 saturated heterocycles. The van der Waals surface area contributed by atoms with E-state index in [9.17, 15) is 0 Å². The van der Waals surface area contributed by atoms with Crippen molar-refractivity contribution < 1.29 is 0 Å². The maximum Gasteiger partial charge on any atom is -0.00414 e. The van der Waals surface area contributed by atoms with E-state index in [1.54, 1.807) is 95.4 Å². The first kappa shape index (κ1) is 74.4. The zero-order chi connectivity index (χ0) is 71.7. The molecule has 6 aromatic carbocycles. The molecule has 0 aliphatic heterocycles. The SMILES string of the molecule is Cc1c(C2CC3CCC2C3)cccc1C1CC2CCC1C2.Cc1c(C2CCC2)cccc1C1CCC1.Cc1c(C2CCCC2)cccc1C1CCCC1.Cc1c(C2CCCCC2)cccc1C1CCCCC1.Cc1cccc(C23CCC(CC2)C3)c1C.Cc1cccc(C2C3CC4CC(C3)CC2C4)c1C. The summed E-state index contributed by atoms with van der Waals surface area (Å²) in [4.78, 5) is 0. The maximum atomic E-state index is 2.47. The molecule has 6 atom stereocenters. The highest BCUT2D eigenvalue weighted by molar-refractivity contribution is 5.45. The Hall–Kier alpha value is -4.68. The van der Waals surface area contributed by atoms with Crippen LogP contribution < -0.4 is 0 Å². The smallest absolute Gasteiger partial charge is 0.00414 e. The van der Waals surface area contributed by atoms with Crippen molar-refractivity contribution in [3.05, 3.63) is 209 Å². The predicted molar refractivity (Wildman–Crippen MR) is 448 cm³/mol. The average molecular weight is 1410 g/mol. The Morgan fingerprint density at radius 1 is 0.229 bits per heavy atom. The molecule has 16 fully saturated rings. The molecule has 0 spiro atoms. The Kier molecular flexibility index (Phi) is 23.7. The number of hydrogen-bond donors (Lipinski definition) is 0. The molecule has 0 heteroatoms. The summed E-state index contributed by atoms with van der Waals surface area (Å²) in [5.41, 5.74) is 30.1. The molecule has 0 amide bonds. The van der Waals surface area contributed by atoms with Gasteiger partial charge in [0.15, 0.2) is 0 Å². The molecular weight excluding hydrogens is 1260 g/mol. The molecule has 6 aromatic rings. The van der Waals surface area contributed by atoms with Crippen LogP contribution in [0.25, 0.3) is 0 Å². The summed E-state index contributed by atoms with van der Waals surface area (Å²) in [6.45, 7) is 18.7. The molecule has 16 aliphatic rings. The molecule has 22 rings (SSSR count). The van der Waals surface area contributed by atoms with Crippen molar-refractivity contribution in [3.63, 3.8) is 0 Å². The summed E-state index contributed by atoms with van der Waals surface area (Å²) in [6.07, 6.45) is 61.6. The van der Waals surface area contributed by atoms with Gasteiger partial charge in [0.2, 0.25) is 0 Å². The molecule has 105 heavy (non-hydrogen) atoms. The fourth-order valence-corrected chi connectivity index (χ4v) is 27.6. The molecule has 16 aliphatic carbocycles. The average Bonchev–Trinajstić information content (AvgIpc) is 1.02. The van der Waals surface area contributed by atoms with Crippen molar-refractivity contribution in [2.75, 3.05) is 0 Å². The van der Waals surface area contributed by atoms with Crippen LogP contribution in [0.2, 0.25) is 0 Å². The van der Waals surface area contributed by atoms with Gasteiger partial charge in [-0.3, -0.25) is 0 Å². The molecule has 0 nitrogen and oxygen atoms in total. The first-order valence-electron chi connectivity index (χ1n) is 45.8. The lowest BCUT2D eigenvalue weighted by molar-refractivity contribution is -0.00299. The third-order valence-electron chi connectivity index (χ3n) is 33.9. The van der Waals surface area contributed by atoms with Gasteiger partial charge < -0.3 is 0 Å². The summed E-state index contributed by atoms with van der Waals surface area (Å²) in [7, 11) is 0. The summed E-state index contributed by atoms with van der Waals surface area (Å²) in [5.74, 6) is 17.4. The van der Waals surface area contributed by atoms with Crippen molar-refractivity contribution in [2.45, 2.75) is 384 Å². The zero-order valence-corrected chi connectivity index (χ0v) is 68.0. The van der Waals surface area contributed by atoms with E-state index >= 15 is 0 Å². The zero-order valence-electron chi connectivity index (χ0n) is 68.0. The molecular formula is C105H144. The third kappa shape index (κ3) is 16.0. The van der Waals surface area contributed by atoms with Gasteiger partial charge >= 0.3 is 0 Å². The lowest BCUT2D eigenvalue weighted by atomic mass is 9.50. The number of rotatable bonds is 10. The number of aryl methyl sites for hydroxylation is 2. The minimum absolute atomic E-state index is 0.584. The second kappa shape index (κ2) is 33.5. The highest BCUT2D eigenvalue weighted by Gasteiger charge is 2.50. The van der Waals surface area contributed by atoms with Gasteiger partial charge in [0, 0.05) is 0 Å². The van der Waals surface area contributed by atoms with Gasteiger partial charge in [-0.1, -0.05) is 199 Å². The van der Waals surface area contributed by atoms with Crippen LogP contribution in [0.5, 0.6) is 0 Å². The van der Waals surface area contributed by atoms with E-state index in [1.807, 2.05) is 0 Å². The first-order valence-corrected chi connectivity index (χ1v) is 45.8. The van der Waals surface area contributed by atoms with Gasteiger partial charge in [0.1, 0.15) is 0 Å². The normalized spacial score (nSPS) is 31.5. The second-order valence-corrected chi connectivity index (χ2v) is 39.6. The van der Waals surface area contributed by atoms with Crippen molar-refractivity contribution in [1.82, 2.24) is 0 Å². The topological polar surface area (TPSA) is 0 Å². The lowest BCUT2D eigenvalue weighted by Crippen LogP contribution is -2.44. The minimum Gasteiger partial charge on any atom is -0.0617 e. The minimum atomic E-state index is 0.584. The van der Waals surface area contributed by atoms with Gasteiger partial charge in [0.05, 0.1) is 0 Å². The second-order valence-electron chi connectivity index (χ2n) is 39.6. The van der Waals surface area contributed by atoms with Gasteiger partial charge in [-0.05, 0) is 447 Å². The van der Waals surface area contributed by atoms with Gasteiger partial charge in [-0.15, -0.1) is 0 Å². The Bertz CT molecular complexity index is 3660. The van der Waals surface area contributed by atoms with Crippen molar-refractivity contribution in [3.8, 4) is 0 Å². The summed E-state index contributed by atoms with van der Waals surface area (Å²) >= 11 is 0. The molecule has 0 heterocycles. The number of hydrogen-bond acceptors (Lipinski definition) is 0. The predicted octanol–water partition coefficient (Wildman–Crippen LogP) is 30.7. The Morgan fingerprint density at radius 2 is 0.543 bits per heavy atom. The molecule has 6 unspecified atom stereocenters. The molecule has 0 aromatic heterocycles. The Labute approximate surface area is 642 Å². The number of fused-ring (bicyclic) bond motifs is 6. The maximum absolute atomic E-state index is 2.47. The third-order valence-corrected chi connectivity index (χ3v) is 33.9. The standard InChI is InChI=1S/C21H28.C19H28.C18H24.C17H24.2C15H20/c1-13-18(20-11-14-5-7-16(20)9-14)3-2-4-19(13)21-12-15-6-8-17(21)10-15;1-15-18(16-9-4-2-5-10-16)13-8-14-19(15)17-11-6-3-7-12-17;1-11-4-3-5-17(12(11)2)18-15-7-13-6-14(9-15)10-16(18)8-13;1-13-16(14-7-2-3-8-14)11-6-12-17(13)15-9-4-5-10-15;1-11-14(12-5-2-6-12)9-4-10-15(11)13-7-3-8-13;1-11-4-3-5-14(12(11)2)15-8-6-13(10-15)7-9-15/h2-4,14-17,20-21H,5-12H2,1H3;8,13-14,16-17H,2-7,9-12H2,1H3;3-5,13-16,18H,6-10H2,1-2H3;6,11-12,14-15H,2-5,7-10H2,1H3;4,9-10,12-13H,2-3,5-8H2,1H3;3-5,13H,6-10H2,1-2H3. The van der Waals surface area contributed by atoms with Crippen LogP contribution in [0.4, 0.5) is 0 Å². The fraction of sp³-hybridized carbons (Fsp3) is 0.657. The van der Waals surface area contributed by atoms with Crippen molar-refractivity contribution in [1.29, 1.82) is 0 Å². The Balaban J connectivity index is 0.0000000972. The highest BCUT2D eigenvalue weighted by Crippen LogP contribution is 2.62. The molecule has 0 N–H and O–H groups in total. The lowest BCUT2D eigenvalue weighted by Gasteiger charge is -2.55. The van der Waals surface area contributed by atoms with Crippen LogP contribution in [0.3, 0.4) is 0 Å². The van der Waals surface area contributed by atoms with Crippen molar-refractivity contribution in [2.24, 2.45) is 53.3 Å². The molecule has 564 valence electrons. The van der Waals surface area contributed by atoms with Crippen LogP contribution in [-0.4, -0.2) is 0 Å². The summed E-state index contributed by atoms with van der Waals surface area (Å²) in [5, 5.41) is 0. The van der Waals surface area contributed by atoms with Gasteiger partial charge in [0.25, 0.3) is 0 Å². The Morgan fingerprint density at radius 3 is 0.876 bits per heavy atom. The summed E-state index contributed by atoms with van der Waals surface area (Å²) < 4.78 is 0. The molecule has 16 saturated carbocycles. The van der Waals surface area contributed by atoms with Crippen LogP contribution in [0.15, 0.2) is 109 Å². The quantitative estimate of drug-likeness (QED) is 0.128. The van der Waals surface area contributed by atoms with E-state index in [1.165, 1.54) is 274 Å². The van der Waals surface area contributed by atoms with E-state index in [0.717, 1.165) is 107 Å². The van der Waals surface area contributed by atoms with E-state index < -0.39 is 0 Å². The van der Waals surface area contributed by atoms with Crippen LogP contribution in [-0.2, 0) is 5.41 Å². The van der Waals surface area contributed by atoms with Crippen LogP contribution >= 0.6 is 0 Å². The van der Waals surface area contributed by atoms with E-state index in [4.69, 9.17) is 0 Å². The summed E-state index contributed by atoms with van der Waals surface area (Å²) in [6, 6.07) is 42.5. The number of benzene rings is 6. The first-order chi connectivity index (χ1) is 51.3. The fourth-order valence-electron chi connectivity index (χ4n) is 27.6. The molecule has 10 bridgehead atoms. The van der Waals surface area contributed by atoms with Gasteiger partial charge in [-0.25, -0.2) is 0 Å². The van der Waals surface area contributed by atoms with Gasteiger partial charge in [-0.2, -0.15) is 0 Å². The largest absolute Gasteiger partial charge is 0.0617 e. The van der Waals surface area contributed by atoms with Crippen LogP contribution in [0.1, 0.15) is 423 Å². The highest BCUT2D eigenvalue weighted by atomic mass is 14.5. The van der Waals surface area contributed by atoms with Crippen LogP contribution in [0, 0.1) is 109 Å². The van der Waals surface area contributed by atoms with E-state index in [2.05, 4.69) is 165 Å². The van der Waals surface area contributed by atoms with E-state index in [0.29, 0.717) is 5.41 Å². The van der Waals surface area contributed by atoms with E-state index in [-0.39, 0.29) is 0 Å².